The molecule has 10 heteroatoms. The molecule has 1 aliphatic rings. The van der Waals surface area contributed by atoms with Gasteiger partial charge in [-0.3, -0.25) is 10.7 Å². The van der Waals surface area contributed by atoms with Crippen LogP contribution >= 0.6 is 0 Å². The number of guanidine groups is 1. The highest BCUT2D eigenvalue weighted by molar-refractivity contribution is 5.92. The number of nitrogens with one attached hydrogen (secondary N) is 4. The molecular formula is C26H32N4O6. The Bertz CT molecular complexity index is 1080. The molecule has 2 aromatic rings. The average Bonchev–Trinajstić information content (AvgIpc) is 3.12. The summed E-state index contributed by atoms with van der Waals surface area (Å²) in [5.74, 6) is -1.58. The normalized spacial score (nSPS) is 13.1. The predicted molar refractivity (Wildman–Crippen MR) is 134 cm³/mol. The number of hydrogen-bond donors (Lipinski definition) is 5. The Morgan fingerprint density at radius 1 is 1.00 bits per heavy atom. The number of carbonyl (C=O) groups is 3. The number of carbonyl (C=O) groups excluding carboxylic acids is 2. The van der Waals surface area contributed by atoms with Crippen molar-refractivity contribution < 1.29 is 29.0 Å². The number of ether oxygens (including phenoxy) is 2. The summed E-state index contributed by atoms with van der Waals surface area (Å²) in [5.41, 5.74) is 3.64. The van der Waals surface area contributed by atoms with Gasteiger partial charge < -0.3 is 25.2 Å². The molecule has 192 valence electrons. The Morgan fingerprint density at radius 2 is 1.58 bits per heavy atom. The van der Waals surface area contributed by atoms with Crippen molar-refractivity contribution >= 4 is 24.1 Å². The average molecular weight is 497 g/mol. The van der Waals surface area contributed by atoms with E-state index in [1.54, 1.807) is 20.8 Å². The molecular weight excluding hydrogens is 464 g/mol. The smallest absolute Gasteiger partial charge is 0.414 e. The lowest BCUT2D eigenvalue weighted by Gasteiger charge is -2.20. The first-order valence-corrected chi connectivity index (χ1v) is 11.7. The lowest BCUT2D eigenvalue weighted by Crippen LogP contribution is -2.44. The fraction of sp³-hybridized carbons (Fsp3) is 0.385. The molecule has 0 unspecified atom stereocenters. The highest BCUT2D eigenvalue weighted by Crippen LogP contribution is 2.44. The number of amides is 2. The van der Waals surface area contributed by atoms with Crippen molar-refractivity contribution in [2.75, 3.05) is 13.2 Å². The van der Waals surface area contributed by atoms with E-state index in [0.717, 1.165) is 22.3 Å². The van der Waals surface area contributed by atoms with Crippen LogP contribution in [0.1, 0.15) is 50.7 Å². The molecule has 1 atom stereocenters. The highest BCUT2D eigenvalue weighted by Gasteiger charge is 2.29. The summed E-state index contributed by atoms with van der Waals surface area (Å²) in [6.07, 6.45) is -1.15. The van der Waals surface area contributed by atoms with Gasteiger partial charge in [-0.25, -0.2) is 14.4 Å². The van der Waals surface area contributed by atoms with Gasteiger partial charge in [0, 0.05) is 12.5 Å². The topological polar surface area (TPSA) is 150 Å². The van der Waals surface area contributed by atoms with Gasteiger partial charge in [0.1, 0.15) is 18.2 Å². The van der Waals surface area contributed by atoms with E-state index in [2.05, 4.69) is 16.0 Å². The summed E-state index contributed by atoms with van der Waals surface area (Å²) in [5, 5.41) is 24.5. The molecule has 0 spiro atoms. The molecule has 1 aliphatic carbocycles. The second-order valence-electron chi connectivity index (χ2n) is 9.43. The maximum absolute atomic E-state index is 12.4. The first-order chi connectivity index (χ1) is 17.0. The van der Waals surface area contributed by atoms with Crippen LogP contribution in [-0.4, -0.2) is 54.0 Å². The largest absolute Gasteiger partial charge is 0.480 e. The third-order valence-corrected chi connectivity index (χ3v) is 5.53. The molecule has 3 rings (SSSR count). The Balaban J connectivity index is 1.45. The van der Waals surface area contributed by atoms with Crippen molar-refractivity contribution in [3.8, 4) is 11.1 Å². The predicted octanol–water partition coefficient (Wildman–Crippen LogP) is 3.81. The van der Waals surface area contributed by atoms with E-state index in [-0.39, 0.29) is 31.4 Å². The van der Waals surface area contributed by atoms with Crippen LogP contribution in [0, 0.1) is 5.41 Å². The molecule has 0 aliphatic heterocycles. The number of carboxylic acids is 1. The summed E-state index contributed by atoms with van der Waals surface area (Å²) < 4.78 is 10.5. The second-order valence-corrected chi connectivity index (χ2v) is 9.43. The molecule has 0 aromatic heterocycles. The van der Waals surface area contributed by atoms with Gasteiger partial charge >= 0.3 is 18.2 Å². The summed E-state index contributed by atoms with van der Waals surface area (Å²) in [7, 11) is 0. The Labute approximate surface area is 209 Å². The summed E-state index contributed by atoms with van der Waals surface area (Å²) in [6.45, 7) is 5.42. The molecule has 5 N–H and O–H groups in total. The fourth-order valence-electron chi connectivity index (χ4n) is 4.01. The van der Waals surface area contributed by atoms with Crippen LogP contribution in [0.2, 0.25) is 0 Å². The van der Waals surface area contributed by atoms with Crippen LogP contribution < -0.4 is 16.0 Å². The quantitative estimate of drug-likeness (QED) is 0.212. The van der Waals surface area contributed by atoms with Gasteiger partial charge in [0.15, 0.2) is 5.96 Å². The first kappa shape index (κ1) is 26.5. The lowest BCUT2D eigenvalue weighted by atomic mass is 9.98. The Hall–Kier alpha value is -4.08. The third kappa shape index (κ3) is 7.21. The number of carboxylic acid groups (broad SMARTS) is 1. The van der Waals surface area contributed by atoms with Gasteiger partial charge in [-0.1, -0.05) is 48.5 Å². The van der Waals surface area contributed by atoms with Gasteiger partial charge in [0.2, 0.25) is 0 Å². The third-order valence-electron chi connectivity index (χ3n) is 5.53. The molecule has 2 aromatic carbocycles. The minimum absolute atomic E-state index is 0.0846. The zero-order valence-corrected chi connectivity index (χ0v) is 20.6. The van der Waals surface area contributed by atoms with Crippen LogP contribution in [0.25, 0.3) is 11.1 Å². The zero-order valence-electron chi connectivity index (χ0n) is 20.6. The molecule has 2 amide bonds. The highest BCUT2D eigenvalue weighted by atomic mass is 16.6. The molecule has 0 heterocycles. The molecule has 0 fully saturated rings. The van der Waals surface area contributed by atoms with Gasteiger partial charge in [0.05, 0.1) is 0 Å². The van der Waals surface area contributed by atoms with Crippen LogP contribution in [0.3, 0.4) is 0 Å². The first-order valence-electron chi connectivity index (χ1n) is 11.7. The van der Waals surface area contributed by atoms with Crippen LogP contribution in [0.5, 0.6) is 0 Å². The van der Waals surface area contributed by atoms with Gasteiger partial charge in [-0.15, -0.1) is 0 Å². The van der Waals surface area contributed by atoms with E-state index in [1.165, 1.54) is 0 Å². The fourth-order valence-corrected chi connectivity index (χ4v) is 4.01. The summed E-state index contributed by atoms with van der Waals surface area (Å²) >= 11 is 0. The van der Waals surface area contributed by atoms with Gasteiger partial charge in [-0.2, -0.15) is 0 Å². The number of benzene rings is 2. The van der Waals surface area contributed by atoms with Gasteiger partial charge in [-0.05, 0) is 55.9 Å². The van der Waals surface area contributed by atoms with E-state index in [0.29, 0.717) is 6.42 Å². The monoisotopic (exact) mass is 496 g/mol. The molecule has 0 bridgehead atoms. The second kappa shape index (κ2) is 11.6. The zero-order chi connectivity index (χ0) is 26.3. The van der Waals surface area contributed by atoms with Crippen LogP contribution in [0.15, 0.2) is 48.5 Å². The van der Waals surface area contributed by atoms with Crippen LogP contribution in [0.4, 0.5) is 9.59 Å². The van der Waals surface area contributed by atoms with Crippen LogP contribution in [-0.2, 0) is 14.3 Å². The summed E-state index contributed by atoms with van der Waals surface area (Å²) in [4.78, 5) is 35.7. The van der Waals surface area contributed by atoms with Crippen molar-refractivity contribution in [1.82, 2.24) is 16.0 Å². The molecule has 0 saturated heterocycles. The molecule has 10 nitrogen and oxygen atoms in total. The minimum atomic E-state index is -1.19. The van der Waals surface area contributed by atoms with E-state index in [9.17, 15) is 19.5 Å². The van der Waals surface area contributed by atoms with Crippen molar-refractivity contribution in [2.24, 2.45) is 0 Å². The lowest BCUT2D eigenvalue weighted by molar-refractivity contribution is -0.139. The Morgan fingerprint density at radius 3 is 2.14 bits per heavy atom. The van der Waals surface area contributed by atoms with Crippen molar-refractivity contribution in [3.05, 3.63) is 59.7 Å². The standard InChI is InChI=1S/C26H32N4O6/c1-26(2,3)36-25(34)30-23(27)28-14-8-13-21(22(31)32)29-24(33)35-15-20-18-11-6-4-9-16(18)17-10-5-7-12-19(17)20/h4-7,9-12,20-21H,8,13-15H2,1-3H3,(H,29,33)(H,31,32)(H3,27,28,30,34)/t21-/m0/s1. The number of fused-ring (bicyclic) bond motifs is 3. The number of hydrogen-bond acceptors (Lipinski definition) is 6. The van der Waals surface area contributed by atoms with Crippen molar-refractivity contribution in [1.29, 1.82) is 5.41 Å². The SMILES string of the molecule is CC(C)(C)OC(=O)NC(=N)NCCC[C@H](NC(=O)OCC1c2ccccc2-c2ccccc21)C(=O)O. The van der Waals surface area contributed by atoms with E-state index >= 15 is 0 Å². The maximum Gasteiger partial charge on any atom is 0.414 e. The van der Waals surface area contributed by atoms with Gasteiger partial charge in [0.25, 0.3) is 0 Å². The minimum Gasteiger partial charge on any atom is -0.480 e. The number of alkyl carbamates (subject to hydrolysis) is 2. The van der Waals surface area contributed by atoms with Crippen molar-refractivity contribution in [3.63, 3.8) is 0 Å². The molecule has 0 saturated carbocycles. The van der Waals surface area contributed by atoms with E-state index in [1.807, 2.05) is 48.5 Å². The van der Waals surface area contributed by atoms with E-state index < -0.39 is 29.8 Å². The summed E-state index contributed by atoms with van der Waals surface area (Å²) in [6, 6.07) is 14.7. The Kier molecular flexibility index (Phi) is 8.52. The van der Waals surface area contributed by atoms with Crippen molar-refractivity contribution in [2.45, 2.75) is 51.2 Å². The maximum atomic E-state index is 12.4. The molecule has 36 heavy (non-hydrogen) atoms. The number of rotatable bonds is 8. The van der Waals surface area contributed by atoms with E-state index in [4.69, 9.17) is 14.9 Å². The number of aliphatic carboxylic acids is 1. The molecule has 0 radical (unpaired) electrons.